The van der Waals surface area contributed by atoms with Crippen LogP contribution in [0.15, 0.2) is 46.9 Å². The van der Waals surface area contributed by atoms with Gasteiger partial charge in [0.05, 0.1) is 0 Å². The van der Waals surface area contributed by atoms with Crippen molar-refractivity contribution in [1.29, 1.82) is 0 Å². The fourth-order valence-electron chi connectivity index (χ4n) is 2.20. The molecule has 0 spiro atoms. The second-order valence-electron chi connectivity index (χ2n) is 4.88. The number of nitrogens with zero attached hydrogens (tertiary/aromatic N) is 1. The molecule has 0 aliphatic carbocycles. The van der Waals surface area contributed by atoms with Crippen molar-refractivity contribution in [3.05, 3.63) is 69.4 Å². The van der Waals surface area contributed by atoms with Gasteiger partial charge in [0, 0.05) is 24.1 Å². The van der Waals surface area contributed by atoms with Crippen LogP contribution in [-0.2, 0) is 19.6 Å². The van der Waals surface area contributed by atoms with Gasteiger partial charge in [0.2, 0.25) is 0 Å². The first kappa shape index (κ1) is 15.2. The molecule has 0 bridgehead atoms. The monoisotopic (exact) mass is 336 g/mol. The van der Waals surface area contributed by atoms with Crippen LogP contribution in [0.2, 0.25) is 0 Å². The Bertz CT molecular complexity index is 586. The molecule has 0 unspecified atom stereocenters. The molecule has 0 atom stereocenters. The molecular formula is C16H18BrFN2. The standard InChI is InChI=1S/C16H18BrFN2/c1-20(10-13-4-2-3-5-16(13)17)11-14-8-15(18)7-6-12(14)9-19/h2-8H,9-11,19H2,1H3. The molecule has 2 aromatic carbocycles. The first-order chi connectivity index (χ1) is 9.60. The lowest BCUT2D eigenvalue weighted by atomic mass is 10.1. The van der Waals surface area contributed by atoms with Gasteiger partial charge in [-0.1, -0.05) is 40.2 Å². The molecule has 0 fully saturated rings. The van der Waals surface area contributed by atoms with E-state index >= 15 is 0 Å². The third-order valence-electron chi connectivity index (χ3n) is 3.23. The van der Waals surface area contributed by atoms with Crippen molar-refractivity contribution in [3.8, 4) is 0 Å². The van der Waals surface area contributed by atoms with Gasteiger partial charge in [-0.05, 0) is 41.9 Å². The van der Waals surface area contributed by atoms with Crippen LogP contribution in [0.4, 0.5) is 4.39 Å². The Hall–Kier alpha value is -1.23. The average Bonchev–Trinajstić information content (AvgIpc) is 2.41. The molecule has 0 radical (unpaired) electrons. The number of nitrogens with two attached hydrogens (primary N) is 1. The highest BCUT2D eigenvalue weighted by Crippen LogP contribution is 2.19. The highest BCUT2D eigenvalue weighted by molar-refractivity contribution is 9.10. The molecule has 2 rings (SSSR count). The molecule has 0 amide bonds. The Kier molecular flexibility index (Phi) is 5.29. The Labute approximate surface area is 127 Å². The number of benzene rings is 2. The topological polar surface area (TPSA) is 29.3 Å². The third kappa shape index (κ3) is 3.88. The van der Waals surface area contributed by atoms with Crippen LogP contribution in [0.5, 0.6) is 0 Å². The zero-order chi connectivity index (χ0) is 14.5. The van der Waals surface area contributed by atoms with Crippen molar-refractivity contribution in [2.45, 2.75) is 19.6 Å². The molecule has 2 N–H and O–H groups in total. The summed E-state index contributed by atoms with van der Waals surface area (Å²) >= 11 is 3.54. The van der Waals surface area contributed by atoms with Crippen LogP contribution in [0.3, 0.4) is 0 Å². The van der Waals surface area contributed by atoms with Crippen molar-refractivity contribution in [3.63, 3.8) is 0 Å². The van der Waals surface area contributed by atoms with Gasteiger partial charge >= 0.3 is 0 Å². The fourth-order valence-corrected chi connectivity index (χ4v) is 2.62. The zero-order valence-corrected chi connectivity index (χ0v) is 13.0. The minimum absolute atomic E-state index is 0.216. The highest BCUT2D eigenvalue weighted by atomic mass is 79.9. The van der Waals surface area contributed by atoms with Crippen molar-refractivity contribution in [2.75, 3.05) is 7.05 Å². The maximum absolute atomic E-state index is 13.4. The lowest BCUT2D eigenvalue weighted by Gasteiger charge is -2.19. The van der Waals surface area contributed by atoms with E-state index in [1.54, 1.807) is 12.1 Å². The van der Waals surface area contributed by atoms with Gasteiger partial charge in [-0.25, -0.2) is 4.39 Å². The number of rotatable bonds is 5. The van der Waals surface area contributed by atoms with E-state index in [0.29, 0.717) is 13.1 Å². The van der Waals surface area contributed by atoms with E-state index in [0.717, 1.165) is 22.1 Å². The molecular weight excluding hydrogens is 319 g/mol. The normalized spacial score (nSPS) is 11.1. The zero-order valence-electron chi connectivity index (χ0n) is 11.4. The molecule has 0 aliphatic rings. The van der Waals surface area contributed by atoms with E-state index in [1.807, 2.05) is 25.2 Å². The van der Waals surface area contributed by atoms with E-state index in [2.05, 4.69) is 26.9 Å². The van der Waals surface area contributed by atoms with Crippen LogP contribution in [0, 0.1) is 5.82 Å². The largest absolute Gasteiger partial charge is 0.326 e. The maximum atomic E-state index is 13.4. The van der Waals surface area contributed by atoms with Crippen LogP contribution in [-0.4, -0.2) is 11.9 Å². The van der Waals surface area contributed by atoms with Crippen LogP contribution < -0.4 is 5.73 Å². The van der Waals surface area contributed by atoms with Crippen molar-refractivity contribution in [1.82, 2.24) is 4.90 Å². The lowest BCUT2D eigenvalue weighted by molar-refractivity contribution is 0.317. The van der Waals surface area contributed by atoms with E-state index in [9.17, 15) is 4.39 Å². The molecule has 0 aliphatic heterocycles. The van der Waals surface area contributed by atoms with Gasteiger partial charge in [0.1, 0.15) is 5.82 Å². The summed E-state index contributed by atoms with van der Waals surface area (Å²) in [6.45, 7) is 1.89. The SMILES string of the molecule is CN(Cc1ccccc1Br)Cc1cc(F)ccc1CN. The van der Waals surface area contributed by atoms with Crippen molar-refractivity contribution >= 4 is 15.9 Å². The van der Waals surface area contributed by atoms with Crippen LogP contribution in [0.1, 0.15) is 16.7 Å². The van der Waals surface area contributed by atoms with E-state index < -0.39 is 0 Å². The summed E-state index contributed by atoms with van der Waals surface area (Å²) in [5, 5.41) is 0. The summed E-state index contributed by atoms with van der Waals surface area (Å²) < 4.78 is 14.4. The predicted molar refractivity (Wildman–Crippen MR) is 83.6 cm³/mol. The lowest BCUT2D eigenvalue weighted by Crippen LogP contribution is -2.19. The summed E-state index contributed by atoms with van der Waals surface area (Å²) in [5.74, 6) is -0.216. The van der Waals surface area contributed by atoms with Crippen molar-refractivity contribution < 1.29 is 4.39 Å². The molecule has 0 saturated carbocycles. The van der Waals surface area contributed by atoms with E-state index in [1.165, 1.54) is 11.6 Å². The summed E-state index contributed by atoms with van der Waals surface area (Å²) in [7, 11) is 2.02. The molecule has 2 aromatic rings. The quantitative estimate of drug-likeness (QED) is 0.902. The number of hydrogen-bond acceptors (Lipinski definition) is 2. The molecule has 2 nitrogen and oxygen atoms in total. The Balaban J connectivity index is 2.10. The van der Waals surface area contributed by atoms with Gasteiger partial charge in [0.15, 0.2) is 0 Å². The second-order valence-corrected chi connectivity index (χ2v) is 5.74. The average molecular weight is 337 g/mol. The molecule has 106 valence electrons. The van der Waals surface area contributed by atoms with Crippen molar-refractivity contribution in [2.24, 2.45) is 5.73 Å². The summed E-state index contributed by atoms with van der Waals surface area (Å²) in [5.41, 5.74) is 8.85. The smallest absolute Gasteiger partial charge is 0.123 e. The third-order valence-corrected chi connectivity index (χ3v) is 4.00. The van der Waals surface area contributed by atoms with Gasteiger partial charge in [0.25, 0.3) is 0 Å². The van der Waals surface area contributed by atoms with Crippen LogP contribution >= 0.6 is 15.9 Å². The number of hydrogen-bond donors (Lipinski definition) is 1. The second kappa shape index (κ2) is 6.97. The van der Waals surface area contributed by atoms with Gasteiger partial charge in [-0.3, -0.25) is 4.90 Å². The Morgan fingerprint density at radius 1 is 1.05 bits per heavy atom. The van der Waals surface area contributed by atoms with Crippen LogP contribution in [0.25, 0.3) is 0 Å². The first-order valence-corrected chi connectivity index (χ1v) is 7.28. The van der Waals surface area contributed by atoms with E-state index in [-0.39, 0.29) is 5.82 Å². The first-order valence-electron chi connectivity index (χ1n) is 6.49. The molecule has 0 heterocycles. The molecule has 4 heteroatoms. The highest BCUT2D eigenvalue weighted by Gasteiger charge is 2.08. The summed E-state index contributed by atoms with van der Waals surface area (Å²) in [6, 6.07) is 12.9. The molecule has 0 aromatic heterocycles. The molecule has 0 saturated heterocycles. The number of halogens is 2. The van der Waals surface area contributed by atoms with E-state index in [4.69, 9.17) is 5.73 Å². The Morgan fingerprint density at radius 3 is 2.45 bits per heavy atom. The minimum Gasteiger partial charge on any atom is -0.326 e. The fraction of sp³-hybridized carbons (Fsp3) is 0.250. The van der Waals surface area contributed by atoms with Gasteiger partial charge < -0.3 is 5.73 Å². The molecule has 20 heavy (non-hydrogen) atoms. The summed E-state index contributed by atoms with van der Waals surface area (Å²) in [6.07, 6.45) is 0. The maximum Gasteiger partial charge on any atom is 0.123 e. The Morgan fingerprint density at radius 2 is 1.75 bits per heavy atom. The predicted octanol–water partition coefficient (Wildman–Crippen LogP) is 3.68. The van der Waals surface area contributed by atoms with Gasteiger partial charge in [-0.2, -0.15) is 0 Å². The minimum atomic E-state index is -0.216. The van der Waals surface area contributed by atoms with Gasteiger partial charge in [-0.15, -0.1) is 0 Å². The summed E-state index contributed by atoms with van der Waals surface area (Å²) in [4.78, 5) is 2.15.